The van der Waals surface area contributed by atoms with Crippen molar-refractivity contribution in [1.29, 1.82) is 0 Å². The Kier molecular flexibility index (Phi) is 4.75. The van der Waals surface area contributed by atoms with E-state index in [1.165, 1.54) is 5.56 Å². The molecule has 0 saturated heterocycles. The van der Waals surface area contributed by atoms with E-state index in [0.29, 0.717) is 25.2 Å². The number of carbonyl (C=O) groups is 1. The molecule has 7 heteroatoms. The summed E-state index contributed by atoms with van der Waals surface area (Å²) < 4.78 is 29.9. The number of primary amides is 1. The molecule has 0 radical (unpaired) electrons. The van der Waals surface area contributed by atoms with E-state index in [-0.39, 0.29) is 6.04 Å². The Morgan fingerprint density at radius 2 is 1.74 bits per heavy atom. The zero-order valence-electron chi connectivity index (χ0n) is 15.0. The third-order valence-electron chi connectivity index (χ3n) is 5.25. The predicted octanol–water partition coefficient (Wildman–Crippen LogP) is 2.05. The number of amides is 1. The largest absolute Gasteiger partial charge is 0.366 e. The first-order valence-corrected chi connectivity index (χ1v) is 10.6. The summed E-state index contributed by atoms with van der Waals surface area (Å²) in [6.07, 6.45) is 2.52. The molecule has 1 heterocycles. The van der Waals surface area contributed by atoms with E-state index in [4.69, 9.17) is 5.73 Å². The molecule has 1 saturated carbocycles. The highest BCUT2D eigenvalue weighted by Crippen LogP contribution is 2.33. The van der Waals surface area contributed by atoms with Crippen LogP contribution in [0.1, 0.15) is 39.9 Å². The van der Waals surface area contributed by atoms with Gasteiger partial charge in [-0.1, -0.05) is 36.4 Å². The number of fused-ring (bicyclic) bond motifs is 1. The molecule has 2 aromatic rings. The van der Waals surface area contributed by atoms with E-state index in [2.05, 4.69) is 6.07 Å². The number of nitrogens with two attached hydrogens (primary N) is 1. The van der Waals surface area contributed by atoms with Crippen molar-refractivity contribution in [3.8, 4) is 0 Å². The summed E-state index contributed by atoms with van der Waals surface area (Å²) in [4.78, 5) is 11.2. The normalized spacial score (nSPS) is 17.7. The smallest absolute Gasteiger partial charge is 0.282 e. The Labute approximate surface area is 159 Å². The Hall–Kier alpha value is -2.22. The molecule has 6 nitrogen and oxygen atoms in total. The highest BCUT2D eigenvalue weighted by Gasteiger charge is 2.41. The van der Waals surface area contributed by atoms with Crippen molar-refractivity contribution in [3.63, 3.8) is 0 Å². The van der Waals surface area contributed by atoms with Crippen LogP contribution in [0.3, 0.4) is 0 Å². The molecule has 1 aliphatic carbocycles. The van der Waals surface area contributed by atoms with Gasteiger partial charge < -0.3 is 5.73 Å². The molecule has 2 aromatic carbocycles. The van der Waals surface area contributed by atoms with Crippen molar-refractivity contribution in [3.05, 3.63) is 70.8 Å². The molecule has 0 bridgehead atoms. The van der Waals surface area contributed by atoms with Crippen LogP contribution in [0.15, 0.2) is 48.5 Å². The molecule has 0 unspecified atom stereocenters. The van der Waals surface area contributed by atoms with E-state index in [1.807, 2.05) is 18.2 Å². The van der Waals surface area contributed by atoms with Crippen molar-refractivity contribution in [2.24, 2.45) is 5.73 Å². The Morgan fingerprint density at radius 1 is 1.07 bits per heavy atom. The van der Waals surface area contributed by atoms with Crippen LogP contribution in [0.5, 0.6) is 0 Å². The van der Waals surface area contributed by atoms with Gasteiger partial charge in [-0.15, -0.1) is 0 Å². The summed E-state index contributed by atoms with van der Waals surface area (Å²) in [7, 11) is -3.55. The van der Waals surface area contributed by atoms with Crippen molar-refractivity contribution in [1.82, 2.24) is 8.61 Å². The second-order valence-corrected chi connectivity index (χ2v) is 9.08. The van der Waals surface area contributed by atoms with Crippen LogP contribution in [-0.4, -0.2) is 35.5 Å². The number of rotatable bonds is 6. The van der Waals surface area contributed by atoms with Crippen molar-refractivity contribution < 1.29 is 13.2 Å². The molecule has 0 aromatic heterocycles. The molecule has 1 amide bonds. The fraction of sp³-hybridized carbons (Fsp3) is 0.350. The molecule has 1 aliphatic heterocycles. The minimum absolute atomic E-state index is 0.0583. The number of hydrogen-bond donors (Lipinski definition) is 1. The second-order valence-electron chi connectivity index (χ2n) is 7.20. The summed E-state index contributed by atoms with van der Waals surface area (Å²) in [5.74, 6) is -0.486. The summed E-state index contributed by atoms with van der Waals surface area (Å²) in [6.45, 7) is 1.23. The molecular weight excluding hydrogens is 362 g/mol. The van der Waals surface area contributed by atoms with Gasteiger partial charge in [0, 0.05) is 31.2 Å². The molecule has 1 fully saturated rings. The first-order chi connectivity index (χ1) is 12.9. The minimum atomic E-state index is -3.55. The van der Waals surface area contributed by atoms with Gasteiger partial charge in [-0.05, 0) is 48.1 Å². The van der Waals surface area contributed by atoms with E-state index in [0.717, 1.165) is 30.4 Å². The fourth-order valence-electron chi connectivity index (χ4n) is 3.53. The lowest BCUT2D eigenvalue weighted by molar-refractivity contribution is 0.1000. The van der Waals surface area contributed by atoms with Crippen LogP contribution < -0.4 is 5.73 Å². The summed E-state index contributed by atoms with van der Waals surface area (Å²) in [6, 6.07) is 14.9. The summed E-state index contributed by atoms with van der Waals surface area (Å²) >= 11 is 0. The van der Waals surface area contributed by atoms with Gasteiger partial charge in [-0.25, -0.2) is 0 Å². The third kappa shape index (κ3) is 3.76. The zero-order valence-corrected chi connectivity index (χ0v) is 15.9. The monoisotopic (exact) mass is 385 g/mol. The summed E-state index contributed by atoms with van der Waals surface area (Å²) in [5.41, 5.74) is 8.86. The lowest BCUT2D eigenvalue weighted by Gasteiger charge is -2.33. The van der Waals surface area contributed by atoms with Crippen LogP contribution in [0.4, 0.5) is 0 Å². The first-order valence-electron chi connectivity index (χ1n) is 9.17. The number of nitrogens with zero attached hydrogens (tertiary/aromatic N) is 2. The van der Waals surface area contributed by atoms with Crippen molar-refractivity contribution in [2.45, 2.75) is 38.4 Å². The van der Waals surface area contributed by atoms with E-state index in [9.17, 15) is 13.2 Å². The van der Waals surface area contributed by atoms with Crippen molar-refractivity contribution in [2.75, 3.05) is 6.54 Å². The molecular formula is C20H23N3O3S. The average Bonchev–Trinajstić information content (AvgIpc) is 3.51. The summed E-state index contributed by atoms with van der Waals surface area (Å²) in [5, 5.41) is 0. The first kappa shape index (κ1) is 18.2. The van der Waals surface area contributed by atoms with Gasteiger partial charge >= 0.3 is 0 Å². The topological polar surface area (TPSA) is 83.7 Å². The Bertz CT molecular complexity index is 953. The number of carbonyl (C=O) groups excluding carboxylic acids is 1. The maximum Gasteiger partial charge on any atom is 0.282 e. The van der Waals surface area contributed by atoms with Crippen LogP contribution >= 0.6 is 0 Å². The molecule has 142 valence electrons. The standard InChI is InChI=1S/C20H23N3O3S/c21-20(24)17-7-5-15(6-8-17)13-23(19-9-10-19)27(25,26)22-12-11-16-3-1-2-4-18(16)14-22/h1-8,19H,9-14H2,(H2,21,24). The van der Waals surface area contributed by atoms with Crippen LogP contribution in [-0.2, 0) is 29.7 Å². The lowest BCUT2D eigenvalue weighted by atomic mass is 10.0. The Balaban J connectivity index is 1.55. The predicted molar refractivity (Wildman–Crippen MR) is 103 cm³/mol. The molecule has 2 aliphatic rings. The highest BCUT2D eigenvalue weighted by atomic mass is 32.2. The zero-order chi connectivity index (χ0) is 19.0. The maximum absolute atomic E-state index is 13.3. The fourth-order valence-corrected chi connectivity index (χ4v) is 5.35. The van der Waals surface area contributed by atoms with Gasteiger partial charge in [-0.2, -0.15) is 17.0 Å². The SMILES string of the molecule is NC(=O)c1ccc(CN(C2CC2)S(=O)(=O)N2CCc3ccccc3C2)cc1. The molecule has 2 N–H and O–H groups in total. The van der Waals surface area contributed by atoms with Crippen LogP contribution in [0.25, 0.3) is 0 Å². The van der Waals surface area contributed by atoms with Crippen LogP contribution in [0, 0.1) is 0 Å². The van der Waals surface area contributed by atoms with Gasteiger partial charge in [0.25, 0.3) is 10.2 Å². The average molecular weight is 385 g/mol. The van der Waals surface area contributed by atoms with Crippen molar-refractivity contribution >= 4 is 16.1 Å². The quantitative estimate of drug-likeness (QED) is 0.826. The molecule has 27 heavy (non-hydrogen) atoms. The second kappa shape index (κ2) is 7.07. The van der Waals surface area contributed by atoms with E-state index >= 15 is 0 Å². The van der Waals surface area contributed by atoms with Crippen LogP contribution in [0.2, 0.25) is 0 Å². The lowest BCUT2D eigenvalue weighted by Crippen LogP contribution is -2.46. The van der Waals surface area contributed by atoms with Gasteiger partial charge in [0.05, 0.1) is 0 Å². The van der Waals surface area contributed by atoms with Gasteiger partial charge in [0.2, 0.25) is 5.91 Å². The minimum Gasteiger partial charge on any atom is -0.366 e. The van der Waals surface area contributed by atoms with E-state index in [1.54, 1.807) is 32.9 Å². The number of hydrogen-bond acceptors (Lipinski definition) is 3. The molecule has 4 rings (SSSR count). The highest BCUT2D eigenvalue weighted by molar-refractivity contribution is 7.86. The van der Waals surface area contributed by atoms with Gasteiger partial charge in [0.15, 0.2) is 0 Å². The maximum atomic E-state index is 13.3. The van der Waals surface area contributed by atoms with Gasteiger partial charge in [-0.3, -0.25) is 4.79 Å². The molecule has 0 spiro atoms. The third-order valence-corrected chi connectivity index (χ3v) is 7.23. The van der Waals surface area contributed by atoms with E-state index < -0.39 is 16.1 Å². The number of benzene rings is 2. The van der Waals surface area contributed by atoms with Gasteiger partial charge in [0.1, 0.15) is 0 Å². The Morgan fingerprint density at radius 3 is 2.37 bits per heavy atom. The molecule has 0 atom stereocenters.